The molecular formula is C24H27BrN2O4. The molecule has 2 amide bonds. The molecule has 1 atom stereocenters. The number of piperidine rings is 1. The molecule has 0 spiro atoms. The highest BCUT2D eigenvalue weighted by atomic mass is 79.9. The Morgan fingerprint density at radius 2 is 1.71 bits per heavy atom. The molecule has 1 fully saturated rings. The van der Waals surface area contributed by atoms with Crippen LogP contribution in [-0.2, 0) is 25.5 Å². The third-order valence-electron chi connectivity index (χ3n) is 5.62. The van der Waals surface area contributed by atoms with Gasteiger partial charge in [-0.2, -0.15) is 0 Å². The number of hydrogen-bond donors (Lipinski definition) is 1. The third kappa shape index (κ3) is 6.40. The summed E-state index contributed by atoms with van der Waals surface area (Å²) in [6.07, 6.45) is 2.34. The average Bonchev–Trinajstić information content (AvgIpc) is 2.81. The molecule has 0 saturated carbocycles. The second-order valence-electron chi connectivity index (χ2n) is 7.66. The van der Waals surface area contributed by atoms with Crippen molar-refractivity contribution in [3.8, 4) is 0 Å². The zero-order valence-corrected chi connectivity index (χ0v) is 19.1. The van der Waals surface area contributed by atoms with E-state index < -0.39 is 12.0 Å². The van der Waals surface area contributed by atoms with Gasteiger partial charge in [-0.3, -0.25) is 9.59 Å². The summed E-state index contributed by atoms with van der Waals surface area (Å²) < 4.78 is 5.76. The van der Waals surface area contributed by atoms with E-state index in [0.717, 1.165) is 10.0 Å². The first-order chi connectivity index (χ1) is 15.0. The fraction of sp³-hybridized carbons (Fsp3) is 0.375. The van der Waals surface area contributed by atoms with E-state index in [4.69, 9.17) is 4.74 Å². The van der Waals surface area contributed by atoms with Gasteiger partial charge in [-0.05, 0) is 42.5 Å². The summed E-state index contributed by atoms with van der Waals surface area (Å²) in [4.78, 5) is 39.4. The first-order valence-electron chi connectivity index (χ1n) is 10.4. The number of hydrogen-bond acceptors (Lipinski definition) is 4. The third-order valence-corrected chi connectivity index (χ3v) is 6.14. The van der Waals surface area contributed by atoms with Crippen LogP contribution in [0.3, 0.4) is 0 Å². The summed E-state index contributed by atoms with van der Waals surface area (Å²) in [6.45, 7) is 1.10. The van der Waals surface area contributed by atoms with Crippen LogP contribution in [0.25, 0.3) is 0 Å². The summed E-state index contributed by atoms with van der Waals surface area (Å²) in [5, 5.41) is 2.83. The van der Waals surface area contributed by atoms with E-state index in [2.05, 4.69) is 21.2 Å². The molecule has 31 heavy (non-hydrogen) atoms. The number of likely N-dealkylation sites (tertiary alicyclic amines) is 1. The lowest BCUT2D eigenvalue weighted by molar-refractivity contribution is -0.146. The highest BCUT2D eigenvalue weighted by molar-refractivity contribution is 9.10. The second kappa shape index (κ2) is 11.1. The van der Waals surface area contributed by atoms with Gasteiger partial charge in [0.1, 0.15) is 0 Å². The molecule has 3 rings (SSSR count). The first kappa shape index (κ1) is 23.0. The Labute approximate surface area is 191 Å². The van der Waals surface area contributed by atoms with Crippen molar-refractivity contribution in [2.45, 2.75) is 31.7 Å². The van der Waals surface area contributed by atoms with Gasteiger partial charge in [0, 0.05) is 29.9 Å². The number of amides is 2. The minimum atomic E-state index is -0.851. The topological polar surface area (TPSA) is 75.7 Å². The fourth-order valence-electron chi connectivity index (χ4n) is 3.76. The van der Waals surface area contributed by atoms with E-state index in [9.17, 15) is 14.4 Å². The Morgan fingerprint density at radius 3 is 2.32 bits per heavy atom. The molecule has 1 aliphatic rings. The van der Waals surface area contributed by atoms with Crippen LogP contribution in [0.5, 0.6) is 0 Å². The van der Waals surface area contributed by atoms with E-state index in [1.165, 1.54) is 7.11 Å². The highest BCUT2D eigenvalue weighted by Crippen LogP contribution is 2.22. The lowest BCUT2D eigenvalue weighted by Crippen LogP contribution is -2.45. The maximum absolute atomic E-state index is 12.8. The molecular weight excluding hydrogens is 460 g/mol. The Kier molecular flexibility index (Phi) is 8.23. The average molecular weight is 487 g/mol. The van der Waals surface area contributed by atoms with Crippen molar-refractivity contribution < 1.29 is 19.1 Å². The summed E-state index contributed by atoms with van der Waals surface area (Å²) in [5.74, 6) is -0.815. The first-order valence-corrected chi connectivity index (χ1v) is 11.2. The predicted octanol–water partition coefficient (Wildman–Crippen LogP) is 3.65. The second-order valence-corrected chi connectivity index (χ2v) is 8.57. The highest BCUT2D eigenvalue weighted by Gasteiger charge is 2.31. The number of ether oxygens (including phenoxy) is 1. The van der Waals surface area contributed by atoms with Crippen LogP contribution in [0.2, 0.25) is 0 Å². The predicted molar refractivity (Wildman–Crippen MR) is 121 cm³/mol. The quantitative estimate of drug-likeness (QED) is 0.606. The van der Waals surface area contributed by atoms with Gasteiger partial charge in [0.2, 0.25) is 11.8 Å². The number of rotatable bonds is 7. The zero-order valence-electron chi connectivity index (χ0n) is 17.6. The lowest BCUT2D eigenvalue weighted by Gasteiger charge is -2.32. The number of aryl methyl sites for hydroxylation is 1. The minimum absolute atomic E-state index is 0.116. The molecule has 1 saturated heterocycles. The van der Waals surface area contributed by atoms with Gasteiger partial charge in [-0.1, -0.05) is 58.4 Å². The molecule has 0 aliphatic carbocycles. The van der Waals surface area contributed by atoms with Crippen LogP contribution >= 0.6 is 15.9 Å². The fourth-order valence-corrected chi connectivity index (χ4v) is 4.02. The Bertz CT molecular complexity index is 894. The van der Waals surface area contributed by atoms with Crippen molar-refractivity contribution in [1.82, 2.24) is 10.2 Å². The number of benzene rings is 2. The number of halogens is 1. The summed E-state index contributed by atoms with van der Waals surface area (Å²) in [6, 6.07) is 16.3. The van der Waals surface area contributed by atoms with Crippen molar-refractivity contribution in [2.24, 2.45) is 5.92 Å². The van der Waals surface area contributed by atoms with E-state index >= 15 is 0 Å². The molecule has 0 bridgehead atoms. The van der Waals surface area contributed by atoms with E-state index in [0.29, 0.717) is 44.3 Å². The number of esters is 1. The zero-order chi connectivity index (χ0) is 22.2. The van der Waals surface area contributed by atoms with Gasteiger partial charge in [-0.15, -0.1) is 0 Å². The molecule has 164 valence electrons. The standard InChI is InChI=1S/C24H27BrN2O4/c1-31-24(30)22(18-8-10-20(25)11-9-18)26-23(29)19-13-15-27(16-14-19)21(28)12-7-17-5-3-2-4-6-17/h2-6,8-11,19,22H,7,12-16H2,1H3,(H,26,29). The van der Waals surface area contributed by atoms with Gasteiger partial charge in [-0.25, -0.2) is 4.79 Å². The number of nitrogens with one attached hydrogen (secondary N) is 1. The van der Waals surface area contributed by atoms with Crippen LogP contribution in [0.4, 0.5) is 0 Å². The van der Waals surface area contributed by atoms with Gasteiger partial charge >= 0.3 is 5.97 Å². The molecule has 0 aromatic heterocycles. The largest absolute Gasteiger partial charge is 0.467 e. The van der Waals surface area contributed by atoms with Gasteiger partial charge in [0.15, 0.2) is 6.04 Å². The van der Waals surface area contributed by atoms with Crippen molar-refractivity contribution in [2.75, 3.05) is 20.2 Å². The summed E-state index contributed by atoms with van der Waals surface area (Å²) >= 11 is 3.37. The molecule has 2 aromatic rings. The maximum atomic E-state index is 12.8. The van der Waals surface area contributed by atoms with Crippen molar-refractivity contribution in [1.29, 1.82) is 0 Å². The Morgan fingerprint density at radius 1 is 1.06 bits per heavy atom. The summed E-state index contributed by atoms with van der Waals surface area (Å²) in [5.41, 5.74) is 1.81. The molecule has 1 unspecified atom stereocenters. The number of carbonyl (C=O) groups excluding carboxylic acids is 3. The van der Waals surface area contributed by atoms with E-state index in [-0.39, 0.29) is 17.7 Å². The molecule has 1 heterocycles. The van der Waals surface area contributed by atoms with Crippen LogP contribution < -0.4 is 5.32 Å². The normalized spacial score (nSPS) is 15.2. The summed E-state index contributed by atoms with van der Waals surface area (Å²) in [7, 11) is 1.31. The van der Waals surface area contributed by atoms with Crippen LogP contribution in [0.1, 0.15) is 36.4 Å². The van der Waals surface area contributed by atoms with Crippen molar-refractivity contribution >= 4 is 33.7 Å². The van der Waals surface area contributed by atoms with Gasteiger partial charge < -0.3 is 15.0 Å². The molecule has 6 nitrogen and oxygen atoms in total. The molecule has 1 N–H and O–H groups in total. The van der Waals surface area contributed by atoms with Crippen molar-refractivity contribution in [3.05, 3.63) is 70.2 Å². The van der Waals surface area contributed by atoms with Crippen LogP contribution in [0, 0.1) is 5.92 Å². The maximum Gasteiger partial charge on any atom is 0.333 e. The molecule has 0 radical (unpaired) electrons. The lowest BCUT2D eigenvalue weighted by atomic mass is 9.94. The van der Waals surface area contributed by atoms with E-state index in [1.807, 2.05) is 47.4 Å². The Hall–Kier alpha value is -2.67. The number of methoxy groups -OCH3 is 1. The van der Waals surface area contributed by atoms with Gasteiger partial charge in [0.25, 0.3) is 0 Å². The molecule has 7 heteroatoms. The van der Waals surface area contributed by atoms with E-state index in [1.54, 1.807) is 12.1 Å². The monoisotopic (exact) mass is 486 g/mol. The molecule has 1 aliphatic heterocycles. The Balaban J connectivity index is 1.52. The number of carbonyl (C=O) groups is 3. The van der Waals surface area contributed by atoms with Gasteiger partial charge in [0.05, 0.1) is 7.11 Å². The minimum Gasteiger partial charge on any atom is -0.467 e. The van der Waals surface area contributed by atoms with Crippen LogP contribution in [-0.4, -0.2) is 42.9 Å². The SMILES string of the molecule is COC(=O)C(NC(=O)C1CCN(C(=O)CCc2ccccc2)CC1)c1ccc(Br)cc1. The van der Waals surface area contributed by atoms with Crippen molar-refractivity contribution in [3.63, 3.8) is 0 Å². The smallest absolute Gasteiger partial charge is 0.333 e. The molecule has 2 aromatic carbocycles. The number of nitrogens with zero attached hydrogens (tertiary/aromatic N) is 1. The van der Waals surface area contributed by atoms with Crippen LogP contribution in [0.15, 0.2) is 59.1 Å².